The standard InChI is InChI=1S/C20H21F3N6O/c1-13(18(27-12-24)28-17-4-2-3-7-26-17)29(11-14-5-6-14)19(30)15-8-16(10-25-9-15)20(21,22)23/h2-4,7-10,12-14H,5-6,11H2,1H3,(H2,24,26,27,28). The maximum Gasteiger partial charge on any atom is 0.417 e. The number of carbonyl (C=O) groups is 1. The van der Waals surface area contributed by atoms with Gasteiger partial charge in [0.2, 0.25) is 0 Å². The summed E-state index contributed by atoms with van der Waals surface area (Å²) in [5, 5.41) is 10.3. The number of amides is 1. The molecule has 2 heterocycles. The number of aromatic nitrogens is 2. The highest BCUT2D eigenvalue weighted by Gasteiger charge is 2.35. The van der Waals surface area contributed by atoms with Crippen LogP contribution < -0.4 is 5.32 Å². The lowest BCUT2D eigenvalue weighted by atomic mass is 10.1. The highest BCUT2D eigenvalue weighted by atomic mass is 19.4. The number of aliphatic imine (C=N–C) groups is 1. The van der Waals surface area contributed by atoms with E-state index in [2.05, 4.69) is 20.3 Å². The van der Waals surface area contributed by atoms with Crippen molar-refractivity contribution in [1.29, 1.82) is 5.41 Å². The van der Waals surface area contributed by atoms with Crippen LogP contribution in [0.5, 0.6) is 0 Å². The summed E-state index contributed by atoms with van der Waals surface area (Å²) in [4.78, 5) is 26.4. The second kappa shape index (κ2) is 9.02. The zero-order valence-corrected chi connectivity index (χ0v) is 16.2. The van der Waals surface area contributed by atoms with Crippen LogP contribution in [0.3, 0.4) is 0 Å². The largest absolute Gasteiger partial charge is 0.417 e. The molecule has 1 fully saturated rings. The van der Waals surface area contributed by atoms with E-state index in [9.17, 15) is 18.0 Å². The van der Waals surface area contributed by atoms with Gasteiger partial charge in [0, 0.05) is 25.1 Å². The highest BCUT2D eigenvalue weighted by molar-refractivity contribution is 6.05. The molecule has 1 aliphatic carbocycles. The number of hydrogen-bond donors (Lipinski definition) is 2. The lowest BCUT2D eigenvalue weighted by Gasteiger charge is -2.30. The average molecular weight is 418 g/mol. The van der Waals surface area contributed by atoms with Gasteiger partial charge in [0.15, 0.2) is 0 Å². The Labute approximate surface area is 171 Å². The number of anilines is 1. The monoisotopic (exact) mass is 418 g/mol. The number of hydrogen-bond acceptors (Lipinski definition) is 4. The number of nitrogens with zero attached hydrogens (tertiary/aromatic N) is 4. The topological polar surface area (TPSA) is 94.3 Å². The summed E-state index contributed by atoms with van der Waals surface area (Å²) in [5.74, 6) is 0.474. The molecule has 2 aromatic rings. The Bertz CT molecular complexity index is 928. The Balaban J connectivity index is 1.89. The molecular formula is C20H21F3N6O. The number of carbonyl (C=O) groups excluding carboxylic acids is 1. The fourth-order valence-electron chi connectivity index (χ4n) is 2.90. The Kier molecular flexibility index (Phi) is 6.43. The summed E-state index contributed by atoms with van der Waals surface area (Å²) >= 11 is 0. The molecule has 1 atom stereocenters. The summed E-state index contributed by atoms with van der Waals surface area (Å²) in [6, 6.07) is 5.39. The minimum atomic E-state index is -4.59. The van der Waals surface area contributed by atoms with Crippen LogP contribution in [0.2, 0.25) is 0 Å². The normalized spacial score (nSPS) is 15.4. The Morgan fingerprint density at radius 3 is 2.77 bits per heavy atom. The van der Waals surface area contributed by atoms with E-state index < -0.39 is 23.7 Å². The summed E-state index contributed by atoms with van der Waals surface area (Å²) in [6.45, 7) is 2.08. The third-order valence-corrected chi connectivity index (χ3v) is 4.71. The molecule has 0 radical (unpaired) electrons. The van der Waals surface area contributed by atoms with E-state index in [1.807, 2.05) is 0 Å². The molecule has 0 saturated heterocycles. The lowest BCUT2D eigenvalue weighted by molar-refractivity contribution is -0.137. The van der Waals surface area contributed by atoms with Gasteiger partial charge in [-0.05, 0) is 43.9 Å². The van der Waals surface area contributed by atoms with Crippen molar-refractivity contribution in [3.63, 3.8) is 0 Å². The first-order chi connectivity index (χ1) is 14.3. The van der Waals surface area contributed by atoms with E-state index in [1.165, 1.54) is 4.90 Å². The predicted octanol–water partition coefficient (Wildman–Crippen LogP) is 3.85. The second-order valence-electron chi connectivity index (χ2n) is 7.02. The minimum Gasteiger partial charge on any atom is -0.328 e. The van der Waals surface area contributed by atoms with Crippen molar-refractivity contribution in [2.75, 3.05) is 11.9 Å². The number of nitrogens with one attached hydrogen (secondary N) is 2. The van der Waals surface area contributed by atoms with Gasteiger partial charge < -0.3 is 10.2 Å². The fourth-order valence-corrected chi connectivity index (χ4v) is 2.90. The molecule has 7 nitrogen and oxygen atoms in total. The molecule has 10 heteroatoms. The van der Waals surface area contributed by atoms with Crippen molar-refractivity contribution < 1.29 is 18.0 Å². The third kappa shape index (κ3) is 5.40. The Morgan fingerprint density at radius 1 is 1.40 bits per heavy atom. The quantitative estimate of drug-likeness (QED) is 0.527. The van der Waals surface area contributed by atoms with Gasteiger partial charge in [-0.3, -0.25) is 15.2 Å². The maximum absolute atomic E-state index is 13.2. The molecule has 2 N–H and O–H groups in total. The van der Waals surface area contributed by atoms with E-state index in [0.29, 0.717) is 18.6 Å². The maximum atomic E-state index is 13.2. The van der Waals surface area contributed by atoms with Gasteiger partial charge in [0.25, 0.3) is 5.91 Å². The molecule has 1 saturated carbocycles. The fraction of sp³-hybridized carbons (Fsp3) is 0.350. The van der Waals surface area contributed by atoms with Crippen molar-refractivity contribution in [2.24, 2.45) is 10.9 Å². The van der Waals surface area contributed by atoms with Crippen LogP contribution >= 0.6 is 0 Å². The summed E-state index contributed by atoms with van der Waals surface area (Å²) in [5.41, 5.74) is -1.13. The molecule has 0 spiro atoms. The Morgan fingerprint density at radius 2 is 2.17 bits per heavy atom. The van der Waals surface area contributed by atoms with Crippen molar-refractivity contribution in [3.05, 3.63) is 54.0 Å². The van der Waals surface area contributed by atoms with Gasteiger partial charge >= 0.3 is 6.18 Å². The van der Waals surface area contributed by atoms with Gasteiger partial charge in [0.05, 0.1) is 17.2 Å². The van der Waals surface area contributed by atoms with Crippen LogP contribution in [-0.2, 0) is 6.18 Å². The number of alkyl halides is 3. The Hall–Kier alpha value is -3.30. The highest BCUT2D eigenvalue weighted by Crippen LogP contribution is 2.32. The van der Waals surface area contributed by atoms with E-state index in [0.717, 1.165) is 31.4 Å². The van der Waals surface area contributed by atoms with Crippen LogP contribution in [0, 0.1) is 11.3 Å². The molecule has 3 rings (SSSR count). The molecule has 0 aromatic carbocycles. The molecule has 1 aliphatic rings. The molecule has 30 heavy (non-hydrogen) atoms. The van der Waals surface area contributed by atoms with Gasteiger partial charge in [0.1, 0.15) is 18.0 Å². The van der Waals surface area contributed by atoms with E-state index in [4.69, 9.17) is 5.41 Å². The van der Waals surface area contributed by atoms with Crippen molar-refractivity contribution in [1.82, 2.24) is 14.9 Å². The molecule has 2 aromatic heterocycles. The lowest BCUT2D eigenvalue weighted by Crippen LogP contribution is -2.47. The number of amidine groups is 1. The van der Waals surface area contributed by atoms with Gasteiger partial charge in [-0.15, -0.1) is 0 Å². The van der Waals surface area contributed by atoms with Crippen molar-refractivity contribution >= 4 is 23.9 Å². The molecule has 1 unspecified atom stereocenters. The van der Waals surface area contributed by atoms with Crippen LogP contribution in [-0.4, -0.2) is 45.5 Å². The number of rotatable bonds is 7. The third-order valence-electron chi connectivity index (χ3n) is 4.71. The van der Waals surface area contributed by atoms with E-state index >= 15 is 0 Å². The van der Waals surface area contributed by atoms with Gasteiger partial charge in [-0.1, -0.05) is 6.07 Å². The van der Waals surface area contributed by atoms with E-state index in [-0.39, 0.29) is 17.3 Å². The van der Waals surface area contributed by atoms with Crippen LogP contribution in [0.25, 0.3) is 0 Å². The minimum absolute atomic E-state index is 0.149. The number of pyridine rings is 2. The molecule has 0 aliphatic heterocycles. The van der Waals surface area contributed by atoms with Crippen LogP contribution in [0.1, 0.15) is 35.7 Å². The molecule has 158 valence electrons. The van der Waals surface area contributed by atoms with Crippen LogP contribution in [0.4, 0.5) is 19.0 Å². The first-order valence-corrected chi connectivity index (χ1v) is 9.37. The van der Waals surface area contributed by atoms with Crippen LogP contribution in [0.15, 0.2) is 47.8 Å². The molecule has 1 amide bonds. The first kappa shape index (κ1) is 21.4. The zero-order valence-electron chi connectivity index (χ0n) is 16.2. The summed E-state index contributed by atoms with van der Waals surface area (Å²) in [7, 11) is 0. The SMILES string of the molecule is CC(/C(=N/C=N)Nc1ccccn1)N(CC1CC1)C(=O)c1cncc(C(F)(F)F)c1. The zero-order chi connectivity index (χ0) is 21.7. The number of halogens is 3. The molecular weight excluding hydrogens is 397 g/mol. The first-order valence-electron chi connectivity index (χ1n) is 9.37. The van der Waals surface area contributed by atoms with Gasteiger partial charge in [-0.2, -0.15) is 13.2 Å². The van der Waals surface area contributed by atoms with Crippen molar-refractivity contribution in [3.8, 4) is 0 Å². The summed E-state index contributed by atoms with van der Waals surface area (Å²) in [6.07, 6.45) is 1.54. The van der Waals surface area contributed by atoms with Crippen molar-refractivity contribution in [2.45, 2.75) is 32.0 Å². The molecule has 0 bridgehead atoms. The van der Waals surface area contributed by atoms with Gasteiger partial charge in [-0.25, -0.2) is 9.98 Å². The second-order valence-corrected chi connectivity index (χ2v) is 7.02. The summed E-state index contributed by atoms with van der Waals surface area (Å²) < 4.78 is 39.2. The predicted molar refractivity (Wildman–Crippen MR) is 107 cm³/mol. The van der Waals surface area contributed by atoms with E-state index in [1.54, 1.807) is 31.3 Å². The average Bonchev–Trinajstić information content (AvgIpc) is 3.55. The smallest absolute Gasteiger partial charge is 0.328 e.